The summed E-state index contributed by atoms with van der Waals surface area (Å²) in [7, 11) is 0. The molecule has 2 heterocycles. The number of hydrogen-bond acceptors (Lipinski definition) is 3. The standard InChI is InChI=1S/C14H20N2OS.ClH/c15-14(6-2-1-3-7-14)13(17)16-8-4-12-11(10-16)5-9-18-12;/h5,9H,1-4,6-8,10,15H2;1H. The predicted molar refractivity (Wildman–Crippen MR) is 80.7 cm³/mol. The van der Waals surface area contributed by atoms with Crippen LogP contribution in [-0.2, 0) is 17.8 Å². The van der Waals surface area contributed by atoms with Crippen molar-refractivity contribution in [2.24, 2.45) is 5.73 Å². The minimum atomic E-state index is -0.578. The van der Waals surface area contributed by atoms with Crippen molar-refractivity contribution < 1.29 is 4.79 Å². The number of carbonyl (C=O) groups excluding carboxylic acids is 1. The van der Waals surface area contributed by atoms with E-state index in [4.69, 9.17) is 5.73 Å². The molecule has 0 atom stereocenters. The molecule has 1 fully saturated rings. The van der Waals surface area contributed by atoms with E-state index in [9.17, 15) is 4.79 Å². The molecule has 3 nitrogen and oxygen atoms in total. The lowest BCUT2D eigenvalue weighted by atomic mass is 9.81. The summed E-state index contributed by atoms with van der Waals surface area (Å²) in [6.45, 7) is 1.60. The van der Waals surface area contributed by atoms with Crippen LogP contribution < -0.4 is 5.73 Å². The highest BCUT2D eigenvalue weighted by molar-refractivity contribution is 7.10. The minimum Gasteiger partial charge on any atom is -0.336 e. The lowest BCUT2D eigenvalue weighted by Crippen LogP contribution is -2.56. The van der Waals surface area contributed by atoms with Crippen LogP contribution in [0.4, 0.5) is 0 Å². The van der Waals surface area contributed by atoms with Crippen molar-refractivity contribution in [1.82, 2.24) is 4.90 Å². The first-order valence-electron chi connectivity index (χ1n) is 6.82. The van der Waals surface area contributed by atoms with Crippen LogP contribution in [0.3, 0.4) is 0 Å². The van der Waals surface area contributed by atoms with Crippen LogP contribution in [0.25, 0.3) is 0 Å². The average Bonchev–Trinajstić information content (AvgIpc) is 2.86. The van der Waals surface area contributed by atoms with Crippen molar-refractivity contribution in [3.63, 3.8) is 0 Å². The molecule has 0 bridgehead atoms. The van der Waals surface area contributed by atoms with E-state index in [1.165, 1.54) is 16.9 Å². The maximum Gasteiger partial charge on any atom is 0.242 e. The zero-order valence-electron chi connectivity index (χ0n) is 11.1. The van der Waals surface area contributed by atoms with Gasteiger partial charge in [-0.1, -0.05) is 19.3 Å². The van der Waals surface area contributed by atoms with Crippen LogP contribution in [0, 0.1) is 0 Å². The van der Waals surface area contributed by atoms with Crippen molar-refractivity contribution in [2.75, 3.05) is 6.54 Å². The van der Waals surface area contributed by atoms with Crippen LogP contribution >= 0.6 is 23.7 Å². The molecule has 1 saturated carbocycles. The number of hydrogen-bond donors (Lipinski definition) is 1. The monoisotopic (exact) mass is 300 g/mol. The quantitative estimate of drug-likeness (QED) is 0.867. The maximum absolute atomic E-state index is 12.6. The highest BCUT2D eigenvalue weighted by Gasteiger charge is 2.39. The fraction of sp³-hybridized carbons (Fsp3) is 0.643. The molecular formula is C14H21ClN2OS. The molecular weight excluding hydrogens is 280 g/mol. The lowest BCUT2D eigenvalue weighted by molar-refractivity contribution is -0.139. The maximum atomic E-state index is 12.6. The van der Waals surface area contributed by atoms with E-state index in [0.717, 1.165) is 45.2 Å². The summed E-state index contributed by atoms with van der Waals surface area (Å²) in [6, 6.07) is 2.14. The number of thiophene rings is 1. The fourth-order valence-electron chi connectivity index (χ4n) is 3.13. The Morgan fingerprint density at radius 1 is 1.32 bits per heavy atom. The van der Waals surface area contributed by atoms with E-state index in [1.807, 2.05) is 4.90 Å². The Morgan fingerprint density at radius 3 is 2.79 bits per heavy atom. The molecule has 1 aliphatic carbocycles. The van der Waals surface area contributed by atoms with Gasteiger partial charge in [-0.15, -0.1) is 23.7 Å². The molecule has 0 spiro atoms. The van der Waals surface area contributed by atoms with Crippen molar-refractivity contribution >= 4 is 29.7 Å². The molecule has 2 aliphatic rings. The molecule has 1 aromatic heterocycles. The van der Waals surface area contributed by atoms with E-state index in [0.29, 0.717) is 0 Å². The van der Waals surface area contributed by atoms with E-state index in [2.05, 4.69) is 11.4 Å². The Hall–Kier alpha value is -0.580. The summed E-state index contributed by atoms with van der Waals surface area (Å²) in [4.78, 5) is 16.0. The number of fused-ring (bicyclic) bond motifs is 1. The molecule has 0 radical (unpaired) electrons. The van der Waals surface area contributed by atoms with E-state index < -0.39 is 5.54 Å². The Bertz CT molecular complexity index is 454. The number of nitrogens with two attached hydrogens (primary N) is 1. The van der Waals surface area contributed by atoms with Crippen molar-refractivity contribution in [3.8, 4) is 0 Å². The summed E-state index contributed by atoms with van der Waals surface area (Å²) in [5.41, 5.74) is 7.08. The number of carbonyl (C=O) groups is 1. The van der Waals surface area contributed by atoms with Gasteiger partial charge in [0, 0.05) is 18.0 Å². The fourth-order valence-corrected chi connectivity index (χ4v) is 4.02. The minimum absolute atomic E-state index is 0. The molecule has 5 heteroatoms. The smallest absolute Gasteiger partial charge is 0.242 e. The van der Waals surface area contributed by atoms with Gasteiger partial charge in [0.05, 0.1) is 5.54 Å². The summed E-state index contributed by atoms with van der Waals surface area (Å²) >= 11 is 1.80. The Morgan fingerprint density at radius 2 is 2.05 bits per heavy atom. The van der Waals surface area contributed by atoms with E-state index in [-0.39, 0.29) is 18.3 Å². The Kier molecular flexibility index (Phi) is 4.54. The third kappa shape index (κ3) is 2.81. The summed E-state index contributed by atoms with van der Waals surface area (Å²) in [5, 5.41) is 2.12. The molecule has 2 N–H and O–H groups in total. The van der Waals surface area contributed by atoms with Gasteiger partial charge >= 0.3 is 0 Å². The molecule has 1 aromatic rings. The second-order valence-corrected chi connectivity index (χ2v) is 6.56. The third-order valence-electron chi connectivity index (χ3n) is 4.27. The lowest BCUT2D eigenvalue weighted by Gasteiger charge is -2.38. The zero-order valence-corrected chi connectivity index (χ0v) is 12.7. The van der Waals surface area contributed by atoms with E-state index in [1.54, 1.807) is 11.3 Å². The molecule has 1 aliphatic heterocycles. The van der Waals surface area contributed by atoms with Gasteiger partial charge in [-0.05, 0) is 36.3 Å². The SMILES string of the molecule is Cl.NC1(C(=O)N2CCc3sccc3C2)CCCCC1. The molecule has 0 aromatic carbocycles. The molecule has 19 heavy (non-hydrogen) atoms. The highest BCUT2D eigenvalue weighted by atomic mass is 35.5. The Balaban J connectivity index is 0.00000133. The largest absolute Gasteiger partial charge is 0.336 e. The Labute approximate surface area is 124 Å². The van der Waals surface area contributed by atoms with Crippen molar-refractivity contribution in [1.29, 1.82) is 0 Å². The number of rotatable bonds is 1. The molecule has 0 saturated heterocycles. The van der Waals surface area contributed by atoms with Gasteiger partial charge < -0.3 is 10.6 Å². The highest BCUT2D eigenvalue weighted by Crippen LogP contribution is 2.30. The van der Waals surface area contributed by atoms with Gasteiger partial charge in [0.15, 0.2) is 0 Å². The summed E-state index contributed by atoms with van der Waals surface area (Å²) < 4.78 is 0. The van der Waals surface area contributed by atoms with Crippen LogP contribution in [0.5, 0.6) is 0 Å². The molecule has 106 valence electrons. The topological polar surface area (TPSA) is 46.3 Å². The summed E-state index contributed by atoms with van der Waals surface area (Å²) in [6.07, 6.45) is 6.13. The molecule has 3 rings (SSSR count). The second-order valence-electron chi connectivity index (χ2n) is 5.56. The van der Waals surface area contributed by atoms with Gasteiger partial charge in [0.1, 0.15) is 0 Å². The van der Waals surface area contributed by atoms with Gasteiger partial charge in [-0.25, -0.2) is 0 Å². The van der Waals surface area contributed by atoms with Gasteiger partial charge in [0.25, 0.3) is 0 Å². The normalized spacial score (nSPS) is 21.4. The average molecular weight is 301 g/mol. The zero-order chi connectivity index (χ0) is 12.6. The van der Waals surface area contributed by atoms with Crippen LogP contribution in [-0.4, -0.2) is 22.9 Å². The summed E-state index contributed by atoms with van der Waals surface area (Å²) in [5.74, 6) is 0.180. The van der Waals surface area contributed by atoms with Crippen LogP contribution in [0.1, 0.15) is 42.5 Å². The van der Waals surface area contributed by atoms with Crippen LogP contribution in [0.15, 0.2) is 11.4 Å². The predicted octanol–water partition coefficient (Wildman–Crippen LogP) is 2.72. The number of amides is 1. The number of halogens is 1. The van der Waals surface area contributed by atoms with Gasteiger partial charge in [-0.2, -0.15) is 0 Å². The van der Waals surface area contributed by atoms with Gasteiger partial charge in [-0.3, -0.25) is 4.79 Å². The second kappa shape index (κ2) is 5.81. The first kappa shape index (κ1) is 14.8. The van der Waals surface area contributed by atoms with Crippen molar-refractivity contribution in [2.45, 2.75) is 50.6 Å². The van der Waals surface area contributed by atoms with Gasteiger partial charge in [0.2, 0.25) is 5.91 Å². The van der Waals surface area contributed by atoms with E-state index >= 15 is 0 Å². The van der Waals surface area contributed by atoms with Crippen LogP contribution in [0.2, 0.25) is 0 Å². The third-order valence-corrected chi connectivity index (χ3v) is 5.29. The molecule has 1 amide bonds. The molecule has 0 unspecified atom stereocenters. The number of nitrogens with zero attached hydrogens (tertiary/aromatic N) is 1. The first-order chi connectivity index (χ1) is 8.69. The first-order valence-corrected chi connectivity index (χ1v) is 7.70. The van der Waals surface area contributed by atoms with Crippen molar-refractivity contribution in [3.05, 3.63) is 21.9 Å².